The van der Waals surface area contributed by atoms with Crippen LogP contribution in [0.3, 0.4) is 0 Å². The Hall–Kier alpha value is -0.610. The molecule has 0 aromatic rings. The zero-order valence-corrected chi connectivity index (χ0v) is 18.9. The molecule has 0 aliphatic heterocycles. The average Bonchev–Trinajstić information content (AvgIpc) is 2.98. The fraction of sp³-hybridized carbons (Fsp3) is 0.960. The molecule has 4 fully saturated rings. The normalized spacial score (nSPS) is 52.9. The second-order valence-corrected chi connectivity index (χ2v) is 12.1. The van der Waals surface area contributed by atoms with Crippen molar-refractivity contribution in [2.75, 3.05) is 0 Å². The van der Waals surface area contributed by atoms with E-state index >= 15 is 0 Å². The minimum Gasteiger partial charge on any atom is -0.481 e. The van der Waals surface area contributed by atoms with E-state index in [1.54, 1.807) is 0 Å². The Balaban J connectivity index is 1.59. The highest BCUT2D eigenvalue weighted by atomic mass is 16.4. The topological polar surface area (TPSA) is 77.8 Å². The quantitative estimate of drug-likeness (QED) is 0.622. The number of aliphatic hydroxyl groups excluding tert-OH is 2. The monoisotopic (exact) mass is 406 g/mol. The Labute approximate surface area is 176 Å². The SMILES string of the molecule is C[C@H](CCC(=O)O)[C@H]1CCC2[C@H]3C(CC[C@@]21C)[C@@]1(C)CC[C@@H](O)C[C@@]1(C)C[C@H]3O. The number of carboxylic acid groups (broad SMARTS) is 1. The number of rotatable bonds is 4. The third kappa shape index (κ3) is 3.19. The fourth-order valence-electron chi connectivity index (χ4n) is 9.17. The molecule has 4 aliphatic carbocycles. The number of hydrogen-bond acceptors (Lipinski definition) is 3. The molecule has 0 amide bonds. The maximum atomic E-state index is 11.4. The molecule has 0 heterocycles. The summed E-state index contributed by atoms with van der Waals surface area (Å²) in [4.78, 5) is 11.1. The van der Waals surface area contributed by atoms with Gasteiger partial charge in [0.05, 0.1) is 12.2 Å². The van der Waals surface area contributed by atoms with Crippen LogP contribution in [0.2, 0.25) is 0 Å². The summed E-state index contributed by atoms with van der Waals surface area (Å²) in [5, 5.41) is 30.9. The van der Waals surface area contributed by atoms with Crippen LogP contribution in [0.4, 0.5) is 0 Å². The molecule has 10 atom stereocenters. The van der Waals surface area contributed by atoms with Gasteiger partial charge in [-0.3, -0.25) is 4.79 Å². The first-order valence-electron chi connectivity index (χ1n) is 12.1. The highest BCUT2D eigenvalue weighted by Gasteiger charge is 2.65. The van der Waals surface area contributed by atoms with Crippen LogP contribution >= 0.6 is 0 Å². The Morgan fingerprint density at radius 1 is 1.00 bits per heavy atom. The van der Waals surface area contributed by atoms with E-state index in [0.717, 1.165) is 32.1 Å². The van der Waals surface area contributed by atoms with Gasteiger partial charge in [-0.1, -0.05) is 27.7 Å². The minimum atomic E-state index is -0.686. The summed E-state index contributed by atoms with van der Waals surface area (Å²) in [6.45, 7) is 9.50. The van der Waals surface area contributed by atoms with Crippen LogP contribution in [0.5, 0.6) is 0 Å². The summed E-state index contributed by atoms with van der Waals surface area (Å²) >= 11 is 0. The zero-order chi connectivity index (χ0) is 21.2. The zero-order valence-electron chi connectivity index (χ0n) is 18.9. The van der Waals surface area contributed by atoms with E-state index in [1.165, 1.54) is 25.7 Å². The van der Waals surface area contributed by atoms with Gasteiger partial charge in [-0.2, -0.15) is 0 Å². The highest BCUT2D eigenvalue weighted by molar-refractivity contribution is 5.66. The van der Waals surface area contributed by atoms with Gasteiger partial charge in [0.25, 0.3) is 0 Å². The molecule has 0 bridgehead atoms. The fourth-order valence-corrected chi connectivity index (χ4v) is 9.17. The maximum Gasteiger partial charge on any atom is 0.303 e. The molecule has 4 nitrogen and oxygen atoms in total. The molecule has 4 aliphatic rings. The summed E-state index contributed by atoms with van der Waals surface area (Å²) in [6.07, 6.45) is 8.98. The minimum absolute atomic E-state index is 0.0335. The van der Waals surface area contributed by atoms with Gasteiger partial charge >= 0.3 is 5.97 Å². The van der Waals surface area contributed by atoms with E-state index in [-0.39, 0.29) is 34.9 Å². The van der Waals surface area contributed by atoms with E-state index < -0.39 is 5.97 Å². The van der Waals surface area contributed by atoms with Crippen LogP contribution in [-0.4, -0.2) is 33.5 Å². The van der Waals surface area contributed by atoms with Gasteiger partial charge in [-0.15, -0.1) is 0 Å². The van der Waals surface area contributed by atoms with Crippen LogP contribution in [0, 0.1) is 45.8 Å². The first-order valence-corrected chi connectivity index (χ1v) is 12.1. The molecule has 0 spiro atoms. The van der Waals surface area contributed by atoms with Crippen molar-refractivity contribution in [3.05, 3.63) is 0 Å². The van der Waals surface area contributed by atoms with Crippen molar-refractivity contribution >= 4 is 5.97 Å². The van der Waals surface area contributed by atoms with Crippen molar-refractivity contribution in [3.8, 4) is 0 Å². The first kappa shape index (κ1) is 21.6. The molecule has 0 aromatic heterocycles. The number of carbonyl (C=O) groups is 1. The predicted octanol–water partition coefficient (Wildman–Crippen LogP) is 4.87. The van der Waals surface area contributed by atoms with E-state index in [2.05, 4.69) is 27.7 Å². The number of carboxylic acids is 1. The lowest BCUT2D eigenvalue weighted by Crippen LogP contribution is -2.62. The molecular formula is C25H42O4. The first-order chi connectivity index (χ1) is 13.5. The Morgan fingerprint density at radius 2 is 1.72 bits per heavy atom. The number of aliphatic carboxylic acids is 1. The van der Waals surface area contributed by atoms with Crippen molar-refractivity contribution in [1.29, 1.82) is 0 Å². The van der Waals surface area contributed by atoms with E-state index in [1.807, 2.05) is 0 Å². The Bertz CT molecular complexity index is 649. The molecule has 0 saturated heterocycles. The van der Waals surface area contributed by atoms with E-state index in [4.69, 9.17) is 5.11 Å². The summed E-state index contributed by atoms with van der Waals surface area (Å²) < 4.78 is 0. The van der Waals surface area contributed by atoms with Crippen molar-refractivity contribution < 1.29 is 20.1 Å². The van der Waals surface area contributed by atoms with Gasteiger partial charge in [0.2, 0.25) is 0 Å². The lowest BCUT2D eigenvalue weighted by atomic mass is 9.39. The molecule has 0 aromatic carbocycles. The van der Waals surface area contributed by atoms with Crippen LogP contribution in [0.25, 0.3) is 0 Å². The molecule has 2 unspecified atom stereocenters. The van der Waals surface area contributed by atoms with Gasteiger partial charge in [0, 0.05) is 6.42 Å². The molecule has 4 saturated carbocycles. The lowest BCUT2D eigenvalue weighted by molar-refractivity contribution is -0.210. The molecule has 0 radical (unpaired) electrons. The maximum absolute atomic E-state index is 11.4. The third-order valence-electron chi connectivity index (χ3n) is 10.9. The van der Waals surface area contributed by atoms with Gasteiger partial charge in [0.1, 0.15) is 0 Å². The summed E-state index contributed by atoms with van der Waals surface area (Å²) in [5.41, 5.74) is 0.481. The van der Waals surface area contributed by atoms with Crippen molar-refractivity contribution in [2.24, 2.45) is 45.8 Å². The van der Waals surface area contributed by atoms with Crippen molar-refractivity contribution in [2.45, 2.75) is 104 Å². The molecule has 3 N–H and O–H groups in total. The van der Waals surface area contributed by atoms with Gasteiger partial charge in [-0.25, -0.2) is 0 Å². The number of fused-ring (bicyclic) bond motifs is 5. The number of aliphatic hydroxyl groups is 2. The Morgan fingerprint density at radius 3 is 2.41 bits per heavy atom. The molecule has 29 heavy (non-hydrogen) atoms. The second kappa shape index (κ2) is 7.22. The summed E-state index contributed by atoms with van der Waals surface area (Å²) in [5.74, 6) is 1.81. The number of hydrogen-bond donors (Lipinski definition) is 3. The van der Waals surface area contributed by atoms with E-state index in [0.29, 0.717) is 29.6 Å². The average molecular weight is 407 g/mol. The largest absolute Gasteiger partial charge is 0.481 e. The van der Waals surface area contributed by atoms with Gasteiger partial charge in [-0.05, 0) is 104 Å². The van der Waals surface area contributed by atoms with Crippen LogP contribution in [-0.2, 0) is 4.79 Å². The molecule has 4 heteroatoms. The second-order valence-electron chi connectivity index (χ2n) is 12.1. The highest BCUT2D eigenvalue weighted by Crippen LogP contribution is 2.71. The van der Waals surface area contributed by atoms with Gasteiger partial charge in [0.15, 0.2) is 0 Å². The standard InChI is InChI=1S/C25H42O4/c1-15(5-8-21(28)29)17-6-7-18-22-19(10-11-24(17,18)3)25(4)12-9-16(26)13-23(25,2)14-20(22)27/h15-20,22,26-27H,5-14H2,1-4H3,(H,28,29)/t15-,16-,17-,18?,19?,20-,22+,23+,24-,25-/m1/s1. The smallest absolute Gasteiger partial charge is 0.303 e. The van der Waals surface area contributed by atoms with Crippen LogP contribution < -0.4 is 0 Å². The molecular weight excluding hydrogens is 364 g/mol. The van der Waals surface area contributed by atoms with Crippen molar-refractivity contribution in [3.63, 3.8) is 0 Å². The van der Waals surface area contributed by atoms with Crippen LogP contribution in [0.1, 0.15) is 91.9 Å². The summed E-state index contributed by atoms with van der Waals surface area (Å²) in [7, 11) is 0. The molecule has 166 valence electrons. The lowest BCUT2D eigenvalue weighted by Gasteiger charge is -2.66. The molecule has 4 rings (SSSR count). The van der Waals surface area contributed by atoms with Crippen molar-refractivity contribution in [1.82, 2.24) is 0 Å². The van der Waals surface area contributed by atoms with E-state index in [9.17, 15) is 15.0 Å². The Kier molecular flexibility index (Phi) is 5.38. The predicted molar refractivity (Wildman–Crippen MR) is 113 cm³/mol. The van der Waals surface area contributed by atoms with Crippen LogP contribution in [0.15, 0.2) is 0 Å². The third-order valence-corrected chi connectivity index (χ3v) is 10.9. The van der Waals surface area contributed by atoms with Gasteiger partial charge < -0.3 is 15.3 Å². The summed E-state index contributed by atoms with van der Waals surface area (Å²) in [6, 6.07) is 0.